The number of benzene rings is 1. The van der Waals surface area contributed by atoms with Gasteiger partial charge in [0.15, 0.2) is 6.17 Å². The Balaban J connectivity index is 1.68. The van der Waals surface area contributed by atoms with Gasteiger partial charge in [0.1, 0.15) is 0 Å². The summed E-state index contributed by atoms with van der Waals surface area (Å²) in [5, 5.41) is 12.4. The normalized spacial score (nSPS) is 20.0. The molecule has 0 saturated carbocycles. The van der Waals surface area contributed by atoms with Gasteiger partial charge in [0.25, 0.3) is 5.56 Å². The van der Waals surface area contributed by atoms with E-state index in [-0.39, 0.29) is 12.2 Å². The minimum absolute atomic E-state index is 0.116. The van der Waals surface area contributed by atoms with E-state index in [2.05, 4.69) is 20.1 Å². The number of piperazine rings is 1. The molecule has 4 rings (SSSR count). The first-order valence-electron chi connectivity index (χ1n) is 9.24. The van der Waals surface area contributed by atoms with Crippen LogP contribution >= 0.6 is 0 Å². The lowest BCUT2D eigenvalue weighted by molar-refractivity contribution is 0.146. The van der Waals surface area contributed by atoms with E-state index in [1.165, 1.54) is 6.07 Å². The molecule has 0 bridgehead atoms. The van der Waals surface area contributed by atoms with Gasteiger partial charge in [0.05, 0.1) is 6.61 Å². The molecule has 0 aliphatic carbocycles. The van der Waals surface area contributed by atoms with Crippen molar-refractivity contribution in [3.63, 3.8) is 0 Å². The Hall–Kier alpha value is -2.71. The summed E-state index contributed by atoms with van der Waals surface area (Å²) in [6.07, 6.45) is -0.437. The highest BCUT2D eigenvalue weighted by molar-refractivity contribution is 5.93. The van der Waals surface area contributed by atoms with Crippen molar-refractivity contribution in [2.24, 2.45) is 4.99 Å². The SMILES string of the molecule is Cc1cc(=O)n2c(n1)NC(N1CCN(CCO)CC1)=N[C@@H]2c1ccccc1. The van der Waals surface area contributed by atoms with Crippen molar-refractivity contribution in [2.75, 3.05) is 44.6 Å². The van der Waals surface area contributed by atoms with Crippen molar-refractivity contribution < 1.29 is 5.11 Å². The molecule has 1 aromatic heterocycles. The highest BCUT2D eigenvalue weighted by Gasteiger charge is 2.28. The van der Waals surface area contributed by atoms with Crippen LogP contribution in [-0.4, -0.2) is 69.7 Å². The number of hydrogen-bond donors (Lipinski definition) is 2. The number of fused-ring (bicyclic) bond motifs is 1. The second kappa shape index (κ2) is 7.50. The highest BCUT2D eigenvalue weighted by atomic mass is 16.3. The minimum atomic E-state index is -0.437. The summed E-state index contributed by atoms with van der Waals surface area (Å²) >= 11 is 0. The fraction of sp³-hybridized carbons (Fsp3) is 0.421. The largest absolute Gasteiger partial charge is 0.395 e. The number of aliphatic hydroxyl groups is 1. The van der Waals surface area contributed by atoms with Crippen molar-refractivity contribution in [3.05, 3.63) is 58.0 Å². The molecule has 0 radical (unpaired) electrons. The zero-order valence-electron chi connectivity index (χ0n) is 15.4. The first-order valence-corrected chi connectivity index (χ1v) is 9.24. The first kappa shape index (κ1) is 17.7. The Kier molecular flexibility index (Phi) is 4.91. The van der Waals surface area contributed by atoms with Gasteiger partial charge in [-0.2, -0.15) is 0 Å². The molecule has 1 atom stereocenters. The fourth-order valence-corrected chi connectivity index (χ4v) is 3.57. The second-order valence-electron chi connectivity index (χ2n) is 6.84. The number of hydrogen-bond acceptors (Lipinski definition) is 7. The molecule has 3 heterocycles. The van der Waals surface area contributed by atoms with Gasteiger partial charge in [-0.3, -0.25) is 19.6 Å². The van der Waals surface area contributed by atoms with E-state index in [9.17, 15) is 4.79 Å². The molecular weight excluding hydrogens is 344 g/mol. The van der Waals surface area contributed by atoms with Gasteiger partial charge in [-0.05, 0) is 12.5 Å². The predicted octanol–water partition coefficient (Wildman–Crippen LogP) is 0.490. The van der Waals surface area contributed by atoms with Crippen LogP contribution in [0.3, 0.4) is 0 Å². The van der Waals surface area contributed by atoms with Gasteiger partial charge in [-0.25, -0.2) is 9.98 Å². The molecule has 8 heteroatoms. The maximum atomic E-state index is 12.6. The summed E-state index contributed by atoms with van der Waals surface area (Å²) in [5.74, 6) is 1.27. The summed E-state index contributed by atoms with van der Waals surface area (Å²) in [7, 11) is 0. The lowest BCUT2D eigenvalue weighted by Gasteiger charge is -2.38. The van der Waals surface area contributed by atoms with Gasteiger partial charge in [-0.15, -0.1) is 0 Å². The van der Waals surface area contributed by atoms with Gasteiger partial charge in [-0.1, -0.05) is 30.3 Å². The van der Waals surface area contributed by atoms with Crippen LogP contribution in [0.4, 0.5) is 5.95 Å². The number of nitrogens with one attached hydrogen (secondary N) is 1. The molecule has 1 fully saturated rings. The number of aliphatic imine (C=N–C) groups is 1. The molecule has 1 aromatic carbocycles. The molecule has 0 amide bonds. The van der Waals surface area contributed by atoms with Gasteiger partial charge in [0.2, 0.25) is 11.9 Å². The average molecular weight is 368 g/mol. The van der Waals surface area contributed by atoms with Crippen molar-refractivity contribution in [1.82, 2.24) is 19.4 Å². The van der Waals surface area contributed by atoms with Crippen molar-refractivity contribution >= 4 is 11.9 Å². The van der Waals surface area contributed by atoms with Crippen molar-refractivity contribution in [1.29, 1.82) is 0 Å². The molecule has 142 valence electrons. The Bertz CT molecular complexity index is 887. The van der Waals surface area contributed by atoms with E-state index in [0.717, 1.165) is 37.7 Å². The number of β-amino-alcohol motifs (C(OH)–C–C–N with tert-alkyl or cyclic N) is 1. The third-order valence-electron chi connectivity index (χ3n) is 4.98. The van der Waals surface area contributed by atoms with Crippen LogP contribution in [0.15, 0.2) is 46.2 Å². The fourth-order valence-electron chi connectivity index (χ4n) is 3.57. The standard InChI is InChI=1S/C19H24N6O2/c1-14-13-16(27)25-17(15-5-3-2-4-6-15)21-18(22-19(25)20-14)24-9-7-23(8-10-24)11-12-26/h2-6,13,17,26H,7-12H2,1H3,(H,20,21,22)/t17-/m0/s1. The number of aryl methyl sites for hydroxylation is 1. The Morgan fingerprint density at radius 2 is 1.93 bits per heavy atom. The van der Waals surface area contributed by atoms with Crippen LogP contribution in [0.2, 0.25) is 0 Å². The van der Waals surface area contributed by atoms with Crippen LogP contribution in [-0.2, 0) is 0 Å². The second-order valence-corrected chi connectivity index (χ2v) is 6.84. The van der Waals surface area contributed by atoms with Crippen LogP contribution in [0.1, 0.15) is 17.4 Å². The van der Waals surface area contributed by atoms with Crippen LogP contribution in [0.25, 0.3) is 0 Å². The molecular formula is C19H24N6O2. The molecule has 27 heavy (non-hydrogen) atoms. The first-order chi connectivity index (χ1) is 13.2. The monoisotopic (exact) mass is 368 g/mol. The zero-order chi connectivity index (χ0) is 18.8. The number of nitrogens with zero attached hydrogens (tertiary/aromatic N) is 5. The predicted molar refractivity (Wildman–Crippen MR) is 104 cm³/mol. The molecule has 2 aliphatic rings. The van der Waals surface area contributed by atoms with E-state index in [4.69, 9.17) is 10.1 Å². The maximum absolute atomic E-state index is 12.6. The van der Waals surface area contributed by atoms with Gasteiger partial charge >= 0.3 is 0 Å². The van der Waals surface area contributed by atoms with E-state index in [0.29, 0.717) is 18.2 Å². The zero-order valence-corrected chi connectivity index (χ0v) is 15.4. The van der Waals surface area contributed by atoms with E-state index >= 15 is 0 Å². The smallest absolute Gasteiger partial charge is 0.257 e. The summed E-state index contributed by atoms with van der Waals surface area (Å²) in [6, 6.07) is 11.3. The summed E-state index contributed by atoms with van der Waals surface area (Å²) in [4.78, 5) is 26.5. The molecule has 2 aliphatic heterocycles. The average Bonchev–Trinajstić information content (AvgIpc) is 2.68. The maximum Gasteiger partial charge on any atom is 0.257 e. The summed E-state index contributed by atoms with van der Waals surface area (Å²) in [6.45, 7) is 6.04. The Morgan fingerprint density at radius 3 is 2.63 bits per heavy atom. The molecule has 0 unspecified atom stereocenters. The molecule has 2 N–H and O–H groups in total. The lowest BCUT2D eigenvalue weighted by atomic mass is 10.1. The number of anilines is 1. The lowest BCUT2D eigenvalue weighted by Crippen LogP contribution is -2.52. The van der Waals surface area contributed by atoms with Crippen molar-refractivity contribution in [2.45, 2.75) is 13.1 Å². The van der Waals surface area contributed by atoms with E-state index < -0.39 is 6.17 Å². The number of rotatable bonds is 3. The minimum Gasteiger partial charge on any atom is -0.395 e. The molecule has 8 nitrogen and oxygen atoms in total. The third-order valence-corrected chi connectivity index (χ3v) is 4.98. The van der Waals surface area contributed by atoms with E-state index in [1.807, 2.05) is 37.3 Å². The Labute approximate surface area is 157 Å². The molecule has 0 spiro atoms. The van der Waals surface area contributed by atoms with Crippen molar-refractivity contribution in [3.8, 4) is 0 Å². The number of aromatic nitrogens is 2. The number of guanidine groups is 1. The Morgan fingerprint density at radius 1 is 1.19 bits per heavy atom. The summed E-state index contributed by atoms with van der Waals surface area (Å²) in [5.41, 5.74) is 1.51. The summed E-state index contributed by atoms with van der Waals surface area (Å²) < 4.78 is 1.61. The topological polar surface area (TPSA) is 86.0 Å². The quantitative estimate of drug-likeness (QED) is 0.820. The van der Waals surface area contributed by atoms with Gasteiger partial charge in [0, 0.05) is 44.5 Å². The third kappa shape index (κ3) is 3.58. The van der Waals surface area contributed by atoms with E-state index in [1.54, 1.807) is 4.57 Å². The molecule has 1 saturated heterocycles. The highest BCUT2D eigenvalue weighted by Crippen LogP contribution is 2.26. The van der Waals surface area contributed by atoms with Crippen LogP contribution < -0.4 is 10.9 Å². The van der Waals surface area contributed by atoms with Crippen LogP contribution in [0.5, 0.6) is 0 Å². The molecule has 2 aromatic rings. The van der Waals surface area contributed by atoms with Gasteiger partial charge < -0.3 is 10.0 Å². The van der Waals surface area contributed by atoms with Crippen LogP contribution in [0, 0.1) is 6.92 Å². The number of aliphatic hydroxyl groups excluding tert-OH is 1.